The van der Waals surface area contributed by atoms with Crippen molar-refractivity contribution in [3.05, 3.63) is 101 Å². The fraction of sp³-hybridized carbons (Fsp3) is 0.185. The summed E-state index contributed by atoms with van der Waals surface area (Å²) >= 11 is 0. The van der Waals surface area contributed by atoms with Gasteiger partial charge in [0.2, 0.25) is 0 Å². The summed E-state index contributed by atoms with van der Waals surface area (Å²) in [5.41, 5.74) is 2.81. The van der Waals surface area contributed by atoms with Gasteiger partial charge in [-0.25, -0.2) is 0 Å². The van der Waals surface area contributed by atoms with Crippen molar-refractivity contribution in [2.45, 2.75) is 32.0 Å². The predicted molar refractivity (Wildman–Crippen MR) is 123 cm³/mol. The van der Waals surface area contributed by atoms with Gasteiger partial charge in [-0.1, -0.05) is 42.5 Å². The molecule has 0 radical (unpaired) electrons. The summed E-state index contributed by atoms with van der Waals surface area (Å²) < 4.78 is 5.74. The molecule has 5 rings (SSSR count). The molecule has 0 bridgehead atoms. The summed E-state index contributed by atoms with van der Waals surface area (Å²) in [7, 11) is 0. The van der Waals surface area contributed by atoms with Crippen LogP contribution in [-0.2, 0) is 22.6 Å². The number of Topliss-reactive ketones (excluding diaryl/α,β-unsaturated/α-hetero) is 1. The Morgan fingerprint density at radius 2 is 1.82 bits per heavy atom. The third kappa shape index (κ3) is 3.74. The second-order valence-electron chi connectivity index (χ2n) is 8.46. The molecule has 2 N–H and O–H groups in total. The summed E-state index contributed by atoms with van der Waals surface area (Å²) in [6.45, 7) is 2.16. The lowest BCUT2D eigenvalue weighted by Gasteiger charge is -2.25. The number of amides is 1. The Labute approximate surface area is 191 Å². The molecule has 0 saturated carbocycles. The highest BCUT2D eigenvalue weighted by molar-refractivity contribution is 6.46. The number of phenolic OH excluding ortho intramolecular Hbond substituents is 1. The van der Waals surface area contributed by atoms with Crippen molar-refractivity contribution < 1.29 is 24.5 Å². The van der Waals surface area contributed by atoms with E-state index in [4.69, 9.17) is 4.74 Å². The summed E-state index contributed by atoms with van der Waals surface area (Å²) in [6, 6.07) is 20.2. The lowest BCUT2D eigenvalue weighted by atomic mass is 9.94. The Bertz CT molecular complexity index is 1280. The first-order valence-electron chi connectivity index (χ1n) is 10.8. The minimum atomic E-state index is -0.833. The lowest BCUT2D eigenvalue weighted by Crippen LogP contribution is -2.29. The van der Waals surface area contributed by atoms with Crippen LogP contribution in [0.15, 0.2) is 78.4 Å². The molecule has 0 aromatic heterocycles. The first kappa shape index (κ1) is 20.8. The number of benzene rings is 3. The summed E-state index contributed by atoms with van der Waals surface area (Å²) in [4.78, 5) is 27.7. The number of ether oxygens (including phenoxy) is 1. The third-order valence-corrected chi connectivity index (χ3v) is 6.09. The lowest BCUT2D eigenvalue weighted by molar-refractivity contribution is -0.140. The number of fused-ring (bicyclic) bond motifs is 1. The van der Waals surface area contributed by atoms with E-state index in [1.807, 2.05) is 37.3 Å². The van der Waals surface area contributed by atoms with Crippen molar-refractivity contribution in [3.8, 4) is 11.5 Å². The van der Waals surface area contributed by atoms with Crippen LogP contribution in [0.25, 0.3) is 5.76 Å². The zero-order valence-electron chi connectivity index (χ0n) is 18.1. The maximum atomic E-state index is 13.2. The predicted octanol–water partition coefficient (Wildman–Crippen LogP) is 4.34. The normalized spacial score (nSPS) is 21.2. The Balaban J connectivity index is 1.64. The molecule has 0 spiro atoms. The van der Waals surface area contributed by atoms with Crippen LogP contribution in [0.4, 0.5) is 0 Å². The largest absolute Gasteiger partial charge is 0.508 e. The molecule has 0 aliphatic carbocycles. The number of aliphatic hydroxyl groups is 1. The smallest absolute Gasteiger partial charge is 0.295 e. The van der Waals surface area contributed by atoms with Gasteiger partial charge in [0.05, 0.1) is 11.6 Å². The molecule has 2 aliphatic rings. The minimum absolute atomic E-state index is 0.00782. The number of likely N-dealkylation sites (tertiary alicyclic amines) is 1. The van der Waals surface area contributed by atoms with Crippen molar-refractivity contribution in [1.82, 2.24) is 4.90 Å². The molecule has 2 atom stereocenters. The Hall–Kier alpha value is -4.06. The van der Waals surface area contributed by atoms with E-state index in [-0.39, 0.29) is 29.7 Å². The molecular weight excluding hydrogens is 418 g/mol. The van der Waals surface area contributed by atoms with Crippen molar-refractivity contribution >= 4 is 17.4 Å². The van der Waals surface area contributed by atoms with Crippen molar-refractivity contribution in [1.29, 1.82) is 0 Å². The molecule has 2 aliphatic heterocycles. The third-order valence-electron chi connectivity index (χ3n) is 6.09. The SMILES string of the molecule is CC1Cc2cc(C(O)=C3C(=O)C(=O)N(Cc4ccccc4)C3c3cccc(O)c3)ccc2O1. The second-order valence-corrected chi connectivity index (χ2v) is 8.46. The average molecular weight is 441 g/mol. The number of aromatic hydroxyl groups is 1. The molecule has 3 aromatic carbocycles. The van der Waals surface area contributed by atoms with Crippen LogP contribution in [0.1, 0.15) is 35.2 Å². The highest BCUT2D eigenvalue weighted by Gasteiger charge is 2.46. The van der Waals surface area contributed by atoms with E-state index >= 15 is 0 Å². The molecule has 166 valence electrons. The fourth-order valence-corrected chi connectivity index (χ4v) is 4.59. The van der Waals surface area contributed by atoms with E-state index in [2.05, 4.69) is 0 Å². The second kappa shape index (κ2) is 8.13. The van der Waals surface area contributed by atoms with Gasteiger partial charge in [0.15, 0.2) is 0 Å². The van der Waals surface area contributed by atoms with Crippen molar-refractivity contribution in [3.63, 3.8) is 0 Å². The van der Waals surface area contributed by atoms with Crippen LogP contribution in [0.2, 0.25) is 0 Å². The average Bonchev–Trinajstić information content (AvgIpc) is 3.30. The van der Waals surface area contributed by atoms with Crippen molar-refractivity contribution in [2.75, 3.05) is 0 Å². The molecule has 1 amide bonds. The van der Waals surface area contributed by atoms with E-state index < -0.39 is 17.7 Å². The molecule has 33 heavy (non-hydrogen) atoms. The fourth-order valence-electron chi connectivity index (χ4n) is 4.59. The number of carbonyl (C=O) groups excluding carboxylic acids is 2. The van der Waals surface area contributed by atoms with Gasteiger partial charge in [-0.2, -0.15) is 0 Å². The van der Waals surface area contributed by atoms with Gasteiger partial charge in [0, 0.05) is 18.5 Å². The van der Waals surface area contributed by atoms with Crippen LogP contribution in [0.5, 0.6) is 11.5 Å². The molecule has 3 aromatic rings. The Kier molecular flexibility index (Phi) is 5.13. The van der Waals surface area contributed by atoms with Gasteiger partial charge < -0.3 is 19.8 Å². The van der Waals surface area contributed by atoms with Gasteiger partial charge in [-0.05, 0) is 53.9 Å². The maximum Gasteiger partial charge on any atom is 0.295 e. The molecule has 2 unspecified atom stereocenters. The zero-order valence-corrected chi connectivity index (χ0v) is 18.1. The number of nitrogens with zero attached hydrogens (tertiary/aromatic N) is 1. The highest BCUT2D eigenvalue weighted by Crippen LogP contribution is 2.42. The van der Waals surface area contributed by atoms with Gasteiger partial charge in [-0.3, -0.25) is 9.59 Å². The van der Waals surface area contributed by atoms with Gasteiger partial charge in [0.1, 0.15) is 23.4 Å². The summed E-state index contributed by atoms with van der Waals surface area (Å²) in [6.07, 6.45) is 0.746. The molecule has 6 nitrogen and oxygen atoms in total. The quantitative estimate of drug-likeness (QED) is 0.357. The number of ketones is 1. The summed E-state index contributed by atoms with van der Waals surface area (Å²) in [5.74, 6) is -0.900. The topological polar surface area (TPSA) is 87.1 Å². The Morgan fingerprint density at radius 1 is 1.03 bits per heavy atom. The molecular formula is C27H23NO5. The van der Waals surface area contributed by atoms with Gasteiger partial charge >= 0.3 is 0 Å². The first-order chi connectivity index (χ1) is 15.9. The minimum Gasteiger partial charge on any atom is -0.508 e. The molecule has 6 heteroatoms. The maximum absolute atomic E-state index is 13.2. The van der Waals surface area contributed by atoms with Crippen LogP contribution >= 0.6 is 0 Å². The molecule has 1 fully saturated rings. The summed E-state index contributed by atoms with van der Waals surface area (Å²) in [5, 5.41) is 21.3. The van der Waals surface area contributed by atoms with E-state index in [1.165, 1.54) is 17.0 Å². The Morgan fingerprint density at radius 3 is 2.58 bits per heavy atom. The van der Waals surface area contributed by atoms with Crippen molar-refractivity contribution in [2.24, 2.45) is 0 Å². The van der Waals surface area contributed by atoms with E-state index in [0.29, 0.717) is 17.5 Å². The number of phenols is 1. The number of carbonyl (C=O) groups is 2. The van der Waals surface area contributed by atoms with E-state index in [0.717, 1.165) is 16.9 Å². The van der Waals surface area contributed by atoms with E-state index in [9.17, 15) is 19.8 Å². The number of aliphatic hydroxyl groups excluding tert-OH is 1. The van der Waals surface area contributed by atoms with E-state index in [1.54, 1.807) is 30.3 Å². The van der Waals surface area contributed by atoms with Crippen LogP contribution in [-0.4, -0.2) is 32.9 Å². The first-order valence-corrected chi connectivity index (χ1v) is 10.8. The standard InChI is InChI=1S/C27H23NO5/c1-16-12-20-13-19(10-11-22(20)33-16)25(30)23-24(18-8-5-9-21(29)14-18)28(27(32)26(23)31)15-17-6-3-2-4-7-17/h2-11,13-14,16,24,29-30H,12,15H2,1H3. The van der Waals surface area contributed by atoms with Gasteiger partial charge in [-0.15, -0.1) is 0 Å². The van der Waals surface area contributed by atoms with Crippen LogP contribution in [0, 0.1) is 0 Å². The van der Waals surface area contributed by atoms with Crippen LogP contribution in [0.3, 0.4) is 0 Å². The number of hydrogen-bond acceptors (Lipinski definition) is 5. The van der Waals surface area contributed by atoms with Gasteiger partial charge in [0.25, 0.3) is 11.7 Å². The van der Waals surface area contributed by atoms with Crippen LogP contribution < -0.4 is 4.74 Å². The molecule has 2 heterocycles. The zero-order chi connectivity index (χ0) is 23.1. The monoisotopic (exact) mass is 441 g/mol. The highest BCUT2D eigenvalue weighted by atomic mass is 16.5. The molecule has 1 saturated heterocycles. The number of rotatable bonds is 4. The number of hydrogen-bond donors (Lipinski definition) is 2.